The first-order valence-electron chi connectivity index (χ1n) is 4.56. The van der Waals surface area contributed by atoms with E-state index in [-0.39, 0.29) is 5.41 Å². The lowest BCUT2D eigenvalue weighted by Gasteiger charge is -2.12. The van der Waals surface area contributed by atoms with Gasteiger partial charge in [-0.3, -0.25) is 0 Å². The second-order valence-corrected chi connectivity index (χ2v) is 4.17. The Morgan fingerprint density at radius 2 is 2.08 bits per heavy atom. The Morgan fingerprint density at radius 3 is 2.85 bits per heavy atom. The van der Waals surface area contributed by atoms with Crippen molar-refractivity contribution in [2.75, 3.05) is 0 Å². The molecule has 1 heterocycles. The fourth-order valence-electron chi connectivity index (χ4n) is 1.63. The number of hydrogen-bond acceptors (Lipinski definition) is 1. The third-order valence-electron chi connectivity index (χ3n) is 2.22. The van der Waals surface area contributed by atoms with E-state index < -0.39 is 0 Å². The summed E-state index contributed by atoms with van der Waals surface area (Å²) in [5, 5.41) is 1.20. The van der Waals surface area contributed by atoms with Crippen molar-refractivity contribution in [2.24, 2.45) is 5.41 Å². The Hall–Kier alpha value is -1.24. The van der Waals surface area contributed by atoms with E-state index in [9.17, 15) is 0 Å². The summed E-state index contributed by atoms with van der Waals surface area (Å²) in [4.78, 5) is 0. The van der Waals surface area contributed by atoms with Crippen LogP contribution in [0.5, 0.6) is 0 Å². The van der Waals surface area contributed by atoms with Crippen LogP contribution in [-0.2, 0) is 0 Å². The molecule has 0 unspecified atom stereocenters. The van der Waals surface area contributed by atoms with E-state index >= 15 is 0 Å². The van der Waals surface area contributed by atoms with Crippen molar-refractivity contribution in [3.05, 3.63) is 34.6 Å². The van der Waals surface area contributed by atoms with Gasteiger partial charge >= 0.3 is 0 Å². The van der Waals surface area contributed by atoms with E-state index in [4.69, 9.17) is 4.42 Å². The molecule has 1 heteroatoms. The SMILES string of the molecule is Cc1cc2c(o1)=CC=CC(C)(C)C=2. The lowest BCUT2D eigenvalue weighted by atomic mass is 9.92. The van der Waals surface area contributed by atoms with Crippen molar-refractivity contribution in [2.45, 2.75) is 20.8 Å². The van der Waals surface area contributed by atoms with Crippen LogP contribution >= 0.6 is 0 Å². The molecule has 1 aromatic heterocycles. The fourth-order valence-corrected chi connectivity index (χ4v) is 1.63. The minimum absolute atomic E-state index is 0.123. The van der Waals surface area contributed by atoms with Crippen molar-refractivity contribution < 1.29 is 4.42 Å². The minimum atomic E-state index is 0.123. The van der Waals surface area contributed by atoms with Gasteiger partial charge < -0.3 is 4.42 Å². The Bertz CT molecular complexity index is 458. The van der Waals surface area contributed by atoms with Gasteiger partial charge in [-0.1, -0.05) is 32.1 Å². The Labute approximate surface area is 78.1 Å². The molecule has 0 N–H and O–H groups in total. The highest BCUT2D eigenvalue weighted by Crippen LogP contribution is 2.19. The van der Waals surface area contributed by atoms with Crippen LogP contribution in [0, 0.1) is 12.3 Å². The maximum Gasteiger partial charge on any atom is 0.133 e. The van der Waals surface area contributed by atoms with Crippen LogP contribution in [0.25, 0.3) is 12.2 Å². The van der Waals surface area contributed by atoms with Gasteiger partial charge in [-0.05, 0) is 19.1 Å². The molecule has 0 radical (unpaired) electrons. The van der Waals surface area contributed by atoms with Gasteiger partial charge in [0.25, 0.3) is 0 Å². The molecule has 1 nitrogen and oxygen atoms in total. The molecule has 0 aromatic carbocycles. The van der Waals surface area contributed by atoms with Crippen molar-refractivity contribution in [1.29, 1.82) is 0 Å². The summed E-state index contributed by atoms with van der Waals surface area (Å²) in [5.41, 5.74) is 1.09. The summed E-state index contributed by atoms with van der Waals surface area (Å²) in [5.74, 6) is 0.976. The monoisotopic (exact) mass is 174 g/mol. The first-order valence-corrected chi connectivity index (χ1v) is 4.56. The van der Waals surface area contributed by atoms with Crippen LogP contribution in [-0.4, -0.2) is 0 Å². The number of rotatable bonds is 0. The highest BCUT2D eigenvalue weighted by molar-refractivity contribution is 5.46. The van der Waals surface area contributed by atoms with Crippen LogP contribution in [0.4, 0.5) is 0 Å². The molecule has 1 aromatic rings. The summed E-state index contributed by atoms with van der Waals surface area (Å²) in [6, 6.07) is 2.08. The molecule has 68 valence electrons. The standard InChI is InChI=1S/C12H14O/c1-9-7-10-8-12(2,3)6-4-5-11(10)13-9/h4-8H,1-3H3. The summed E-state index contributed by atoms with van der Waals surface area (Å²) in [7, 11) is 0. The molecule has 1 aliphatic carbocycles. The lowest BCUT2D eigenvalue weighted by Crippen LogP contribution is -2.20. The van der Waals surface area contributed by atoms with Crippen LogP contribution in [0.15, 0.2) is 22.6 Å². The molecule has 13 heavy (non-hydrogen) atoms. The molecule has 0 bridgehead atoms. The van der Waals surface area contributed by atoms with Gasteiger partial charge in [-0.25, -0.2) is 0 Å². The zero-order chi connectivity index (χ0) is 9.47. The quantitative estimate of drug-likeness (QED) is 0.584. The summed E-state index contributed by atoms with van der Waals surface area (Å²) >= 11 is 0. The highest BCUT2D eigenvalue weighted by Gasteiger charge is 2.11. The molecule has 0 spiro atoms. The second kappa shape index (κ2) is 2.63. The number of fused-ring (bicyclic) bond motifs is 1. The molecule has 0 atom stereocenters. The number of furan rings is 1. The van der Waals surface area contributed by atoms with E-state index in [1.165, 1.54) is 5.22 Å². The maximum atomic E-state index is 5.54. The van der Waals surface area contributed by atoms with Gasteiger partial charge in [0, 0.05) is 10.6 Å². The van der Waals surface area contributed by atoms with Gasteiger partial charge in [0.05, 0.1) is 0 Å². The zero-order valence-corrected chi connectivity index (χ0v) is 8.29. The molecule has 2 rings (SSSR count). The molecule has 1 aliphatic rings. The van der Waals surface area contributed by atoms with Gasteiger partial charge in [-0.2, -0.15) is 0 Å². The largest absolute Gasteiger partial charge is 0.461 e. The van der Waals surface area contributed by atoms with Gasteiger partial charge in [-0.15, -0.1) is 0 Å². The molecule has 0 saturated heterocycles. The molecular weight excluding hydrogens is 160 g/mol. The van der Waals surface area contributed by atoms with Crippen molar-refractivity contribution in [1.82, 2.24) is 0 Å². The van der Waals surface area contributed by atoms with Gasteiger partial charge in [0.15, 0.2) is 0 Å². The van der Waals surface area contributed by atoms with E-state index in [2.05, 4.69) is 38.1 Å². The zero-order valence-electron chi connectivity index (χ0n) is 8.29. The smallest absolute Gasteiger partial charge is 0.133 e. The highest BCUT2D eigenvalue weighted by atomic mass is 16.3. The summed E-state index contributed by atoms with van der Waals surface area (Å²) in [6.45, 7) is 6.36. The van der Waals surface area contributed by atoms with Crippen molar-refractivity contribution in [3.63, 3.8) is 0 Å². The third-order valence-corrected chi connectivity index (χ3v) is 2.22. The topological polar surface area (TPSA) is 13.1 Å². The first-order chi connectivity index (χ1) is 6.07. The average molecular weight is 174 g/mol. The molecule has 0 aliphatic heterocycles. The number of hydrogen-bond donors (Lipinski definition) is 0. The van der Waals surface area contributed by atoms with Gasteiger partial charge in [0.2, 0.25) is 0 Å². The lowest BCUT2D eigenvalue weighted by molar-refractivity contribution is 0.501. The van der Waals surface area contributed by atoms with Crippen molar-refractivity contribution >= 4 is 12.2 Å². The molecule has 0 fully saturated rings. The van der Waals surface area contributed by atoms with Gasteiger partial charge in [0.1, 0.15) is 11.2 Å². The summed E-state index contributed by atoms with van der Waals surface area (Å²) < 4.78 is 5.54. The van der Waals surface area contributed by atoms with Crippen LogP contribution in [0.3, 0.4) is 0 Å². The normalized spacial score (nSPS) is 18.4. The predicted molar refractivity (Wildman–Crippen MR) is 54.5 cm³/mol. The summed E-state index contributed by atoms with van der Waals surface area (Å²) in [6.07, 6.45) is 8.50. The van der Waals surface area contributed by atoms with Crippen molar-refractivity contribution in [3.8, 4) is 0 Å². The molecule has 0 amide bonds. The molecular formula is C12H14O. The second-order valence-electron chi connectivity index (χ2n) is 4.17. The first kappa shape index (κ1) is 8.36. The average Bonchev–Trinajstić information content (AvgIpc) is 2.23. The number of allylic oxidation sites excluding steroid dienone is 2. The third kappa shape index (κ3) is 1.59. The van der Waals surface area contributed by atoms with Crippen LogP contribution in [0.2, 0.25) is 0 Å². The van der Waals surface area contributed by atoms with E-state index in [0.29, 0.717) is 0 Å². The maximum absolute atomic E-state index is 5.54. The van der Waals surface area contributed by atoms with E-state index in [1.54, 1.807) is 0 Å². The van der Waals surface area contributed by atoms with Crippen LogP contribution in [0.1, 0.15) is 19.6 Å². The number of aryl methyl sites for hydroxylation is 1. The van der Waals surface area contributed by atoms with E-state index in [1.807, 2.05) is 13.0 Å². The molecule has 0 saturated carbocycles. The Morgan fingerprint density at radius 1 is 1.31 bits per heavy atom. The van der Waals surface area contributed by atoms with Crippen LogP contribution < -0.4 is 10.6 Å². The minimum Gasteiger partial charge on any atom is -0.461 e. The predicted octanol–water partition coefficient (Wildman–Crippen LogP) is 1.75. The Balaban J connectivity index is 2.76. The Kier molecular flexibility index (Phi) is 1.69. The van der Waals surface area contributed by atoms with E-state index in [0.717, 1.165) is 11.2 Å². The fraction of sp³-hybridized carbons (Fsp3) is 0.333.